The van der Waals surface area contributed by atoms with Crippen LogP contribution in [0.25, 0.3) is 0 Å². The Hall–Kier alpha value is -0.610. The predicted molar refractivity (Wildman–Crippen MR) is 71.8 cm³/mol. The van der Waals surface area contributed by atoms with Crippen molar-refractivity contribution >= 4 is 39.1 Å². The van der Waals surface area contributed by atoms with Gasteiger partial charge in [-0.05, 0) is 40.4 Å². The molecule has 0 fully saturated rings. The first kappa shape index (κ1) is 14.5. The molecule has 0 unspecified atom stereocenters. The molecule has 94 valence electrons. The number of anilines is 1. The first-order valence-electron chi connectivity index (χ1n) is 5.34. The van der Waals surface area contributed by atoms with Crippen LogP contribution in [-0.2, 0) is 4.79 Å². The van der Waals surface area contributed by atoms with E-state index in [9.17, 15) is 9.18 Å². The molecular weight excluding hydrogens is 308 g/mol. The number of carbonyl (C=O) groups excluding carboxylic acids is 1. The Morgan fingerprint density at radius 3 is 2.71 bits per heavy atom. The number of amides is 1. The number of nitrogens with one attached hydrogen (secondary N) is 1. The Kier molecular flexibility index (Phi) is 5.40. The molecule has 0 aliphatic rings. The van der Waals surface area contributed by atoms with E-state index in [-0.39, 0.29) is 10.9 Å². The third-order valence-electron chi connectivity index (χ3n) is 2.22. The summed E-state index contributed by atoms with van der Waals surface area (Å²) in [6.07, 6.45) is 1.24. The fourth-order valence-corrected chi connectivity index (χ4v) is 2.18. The van der Waals surface area contributed by atoms with Crippen LogP contribution in [0.5, 0.6) is 0 Å². The van der Waals surface area contributed by atoms with Gasteiger partial charge in [-0.1, -0.05) is 25.4 Å². The summed E-state index contributed by atoms with van der Waals surface area (Å²) in [5.41, 5.74) is 0.418. The molecule has 5 heteroatoms. The van der Waals surface area contributed by atoms with Crippen LogP contribution >= 0.6 is 27.5 Å². The smallest absolute Gasteiger partial charge is 0.224 e. The third kappa shape index (κ3) is 4.64. The van der Waals surface area contributed by atoms with Gasteiger partial charge in [-0.2, -0.15) is 0 Å². The van der Waals surface area contributed by atoms with Gasteiger partial charge in [-0.25, -0.2) is 4.39 Å². The lowest BCUT2D eigenvalue weighted by atomic mass is 10.1. The summed E-state index contributed by atoms with van der Waals surface area (Å²) < 4.78 is 13.4. The van der Waals surface area contributed by atoms with Gasteiger partial charge in [0.1, 0.15) is 5.82 Å². The fraction of sp³-hybridized carbons (Fsp3) is 0.417. The minimum absolute atomic E-state index is 0.118. The SMILES string of the molecule is CC(C)CCC(=O)Nc1c(Cl)cc(F)cc1Br. The highest BCUT2D eigenvalue weighted by atomic mass is 79.9. The molecule has 1 N–H and O–H groups in total. The van der Waals surface area contributed by atoms with Gasteiger partial charge < -0.3 is 5.32 Å². The normalized spacial score (nSPS) is 10.7. The standard InChI is InChI=1S/C12H14BrClFNO/c1-7(2)3-4-11(17)16-12-9(13)5-8(15)6-10(12)14/h5-7H,3-4H2,1-2H3,(H,16,17). The van der Waals surface area contributed by atoms with Crippen molar-refractivity contribution < 1.29 is 9.18 Å². The van der Waals surface area contributed by atoms with Crippen LogP contribution in [0.15, 0.2) is 16.6 Å². The van der Waals surface area contributed by atoms with Crippen LogP contribution in [0.2, 0.25) is 5.02 Å². The zero-order valence-corrected chi connectivity index (χ0v) is 12.0. The Labute approximate surface area is 114 Å². The molecule has 0 atom stereocenters. The fourth-order valence-electron chi connectivity index (χ4n) is 1.28. The number of hydrogen-bond acceptors (Lipinski definition) is 1. The largest absolute Gasteiger partial charge is 0.324 e. The maximum atomic E-state index is 13.0. The van der Waals surface area contributed by atoms with Crippen LogP contribution < -0.4 is 5.32 Å². The van der Waals surface area contributed by atoms with Crippen molar-refractivity contribution in [3.63, 3.8) is 0 Å². The second kappa shape index (κ2) is 6.36. The molecule has 0 bridgehead atoms. The van der Waals surface area contributed by atoms with Crippen LogP contribution in [-0.4, -0.2) is 5.91 Å². The van der Waals surface area contributed by atoms with Crippen molar-refractivity contribution in [3.05, 3.63) is 27.4 Å². The van der Waals surface area contributed by atoms with E-state index >= 15 is 0 Å². The minimum atomic E-state index is -0.443. The quantitative estimate of drug-likeness (QED) is 0.861. The van der Waals surface area contributed by atoms with Gasteiger partial charge in [0.25, 0.3) is 0 Å². The van der Waals surface area contributed by atoms with Gasteiger partial charge in [0.15, 0.2) is 0 Å². The average molecular weight is 323 g/mol. The molecular formula is C12H14BrClFNO. The number of hydrogen-bond donors (Lipinski definition) is 1. The van der Waals surface area contributed by atoms with Crippen LogP contribution in [0, 0.1) is 11.7 Å². The van der Waals surface area contributed by atoms with Gasteiger partial charge in [-0.3, -0.25) is 4.79 Å². The van der Waals surface area contributed by atoms with Crippen LogP contribution in [0.4, 0.5) is 10.1 Å². The molecule has 1 aromatic rings. The van der Waals surface area contributed by atoms with Gasteiger partial charge in [0.2, 0.25) is 5.91 Å². The lowest BCUT2D eigenvalue weighted by Gasteiger charge is -2.10. The second-order valence-electron chi connectivity index (χ2n) is 4.23. The molecule has 1 aromatic carbocycles. The Morgan fingerprint density at radius 1 is 1.53 bits per heavy atom. The summed E-state index contributed by atoms with van der Waals surface area (Å²) in [7, 11) is 0. The molecule has 0 saturated heterocycles. The maximum Gasteiger partial charge on any atom is 0.224 e. The van der Waals surface area contributed by atoms with Crippen molar-refractivity contribution in [2.24, 2.45) is 5.92 Å². The van der Waals surface area contributed by atoms with E-state index in [0.29, 0.717) is 22.5 Å². The Bertz CT molecular complexity index is 400. The van der Waals surface area contributed by atoms with Gasteiger partial charge in [0.05, 0.1) is 10.7 Å². The summed E-state index contributed by atoms with van der Waals surface area (Å²) in [5.74, 6) is -0.0946. The summed E-state index contributed by atoms with van der Waals surface area (Å²) in [5, 5.41) is 2.87. The Morgan fingerprint density at radius 2 is 2.18 bits per heavy atom. The lowest BCUT2D eigenvalue weighted by molar-refractivity contribution is -0.116. The maximum absolute atomic E-state index is 13.0. The van der Waals surface area contributed by atoms with E-state index in [0.717, 1.165) is 6.42 Å². The lowest BCUT2D eigenvalue weighted by Crippen LogP contribution is -2.13. The first-order chi connectivity index (χ1) is 7.90. The molecule has 1 rings (SSSR count). The van der Waals surface area contributed by atoms with E-state index in [1.54, 1.807) is 0 Å². The highest BCUT2D eigenvalue weighted by Gasteiger charge is 2.11. The molecule has 17 heavy (non-hydrogen) atoms. The second-order valence-corrected chi connectivity index (χ2v) is 5.49. The molecule has 0 aliphatic carbocycles. The van der Waals surface area contributed by atoms with Crippen LogP contribution in [0.1, 0.15) is 26.7 Å². The molecule has 0 radical (unpaired) electrons. The van der Waals surface area contributed by atoms with Crippen molar-refractivity contribution in [3.8, 4) is 0 Å². The predicted octanol–water partition coefficient (Wildman–Crippen LogP) is 4.62. The average Bonchev–Trinajstić information content (AvgIpc) is 2.20. The zero-order valence-electron chi connectivity index (χ0n) is 9.69. The van der Waals surface area contributed by atoms with Crippen LogP contribution in [0.3, 0.4) is 0 Å². The van der Waals surface area contributed by atoms with E-state index in [1.807, 2.05) is 13.8 Å². The van der Waals surface area contributed by atoms with Gasteiger partial charge >= 0.3 is 0 Å². The molecule has 2 nitrogen and oxygen atoms in total. The molecule has 0 spiro atoms. The third-order valence-corrected chi connectivity index (χ3v) is 3.14. The van der Waals surface area contributed by atoms with E-state index in [4.69, 9.17) is 11.6 Å². The first-order valence-corrected chi connectivity index (χ1v) is 6.51. The van der Waals surface area contributed by atoms with E-state index in [2.05, 4.69) is 21.2 Å². The van der Waals surface area contributed by atoms with Gasteiger partial charge in [-0.15, -0.1) is 0 Å². The van der Waals surface area contributed by atoms with Crippen molar-refractivity contribution in [1.29, 1.82) is 0 Å². The number of benzene rings is 1. The van der Waals surface area contributed by atoms with E-state index < -0.39 is 5.82 Å². The number of halogens is 3. The topological polar surface area (TPSA) is 29.1 Å². The number of carbonyl (C=O) groups is 1. The van der Waals surface area contributed by atoms with Crippen molar-refractivity contribution in [1.82, 2.24) is 0 Å². The van der Waals surface area contributed by atoms with E-state index in [1.165, 1.54) is 12.1 Å². The minimum Gasteiger partial charge on any atom is -0.324 e. The van der Waals surface area contributed by atoms with Crippen molar-refractivity contribution in [2.45, 2.75) is 26.7 Å². The summed E-state index contributed by atoms with van der Waals surface area (Å²) in [6, 6.07) is 2.44. The Balaban J connectivity index is 2.72. The molecule has 0 aromatic heterocycles. The molecule has 0 aliphatic heterocycles. The zero-order chi connectivity index (χ0) is 13.0. The molecule has 1 amide bonds. The highest BCUT2D eigenvalue weighted by Crippen LogP contribution is 2.31. The monoisotopic (exact) mass is 321 g/mol. The number of rotatable bonds is 4. The summed E-state index contributed by atoms with van der Waals surface area (Å²) in [4.78, 5) is 11.6. The molecule has 0 saturated carbocycles. The molecule has 0 heterocycles. The summed E-state index contributed by atoms with van der Waals surface area (Å²) in [6.45, 7) is 4.10. The van der Waals surface area contributed by atoms with Gasteiger partial charge in [0, 0.05) is 10.9 Å². The summed E-state index contributed by atoms with van der Waals surface area (Å²) >= 11 is 9.02. The highest BCUT2D eigenvalue weighted by molar-refractivity contribution is 9.10. The van der Waals surface area contributed by atoms with Crippen molar-refractivity contribution in [2.75, 3.05) is 5.32 Å².